The van der Waals surface area contributed by atoms with E-state index in [2.05, 4.69) is 45.0 Å². The maximum absolute atomic E-state index is 12.7. The second-order valence-corrected chi connectivity index (χ2v) is 9.77. The number of esters is 1. The molecule has 0 radical (unpaired) electrons. The van der Waals surface area contributed by atoms with Crippen molar-refractivity contribution in [3.63, 3.8) is 0 Å². The molecule has 1 atom stereocenters. The predicted octanol–water partition coefficient (Wildman–Crippen LogP) is 6.05. The topological polar surface area (TPSA) is 92.3 Å². The second kappa shape index (κ2) is 10.0. The number of hydrogen-bond acceptors (Lipinski definition) is 7. The first-order valence-electron chi connectivity index (χ1n) is 13.1. The molecule has 0 amide bonds. The van der Waals surface area contributed by atoms with E-state index in [9.17, 15) is 4.79 Å². The van der Waals surface area contributed by atoms with Crippen molar-refractivity contribution in [3.05, 3.63) is 77.6 Å². The zero-order valence-corrected chi connectivity index (χ0v) is 21.8. The third-order valence-electron chi connectivity index (χ3n) is 7.46. The van der Waals surface area contributed by atoms with Crippen molar-refractivity contribution in [3.8, 4) is 11.1 Å². The van der Waals surface area contributed by atoms with Crippen LogP contribution in [0.4, 0.5) is 0 Å². The van der Waals surface area contributed by atoms with Gasteiger partial charge in [0, 0.05) is 42.1 Å². The molecule has 194 valence electrons. The molecule has 0 bridgehead atoms. The van der Waals surface area contributed by atoms with Crippen LogP contribution in [-0.4, -0.2) is 45.5 Å². The van der Waals surface area contributed by atoms with Crippen molar-refractivity contribution >= 4 is 27.9 Å². The van der Waals surface area contributed by atoms with Gasteiger partial charge in [-0.15, -0.1) is 0 Å². The molecule has 5 aromatic rings. The number of rotatable bonds is 6. The molecule has 4 aromatic heterocycles. The average molecular weight is 511 g/mol. The van der Waals surface area contributed by atoms with Crippen molar-refractivity contribution in [1.82, 2.24) is 19.7 Å². The smallest absolute Gasteiger partial charge is 0.356 e. The summed E-state index contributed by atoms with van der Waals surface area (Å²) >= 11 is 0. The normalized spacial score (nSPS) is 15.2. The van der Waals surface area contributed by atoms with E-state index in [1.807, 2.05) is 32.2 Å². The van der Waals surface area contributed by atoms with E-state index in [4.69, 9.17) is 19.0 Å². The van der Waals surface area contributed by atoms with E-state index in [0.29, 0.717) is 12.5 Å². The Morgan fingerprint density at radius 2 is 1.87 bits per heavy atom. The number of hydrogen-bond donors (Lipinski definition) is 0. The molecule has 1 aromatic carbocycles. The van der Waals surface area contributed by atoms with Crippen LogP contribution < -0.4 is 0 Å². The van der Waals surface area contributed by atoms with Gasteiger partial charge in [-0.25, -0.2) is 9.78 Å². The Labute approximate surface area is 220 Å². The first kappa shape index (κ1) is 24.3. The van der Waals surface area contributed by atoms with Gasteiger partial charge in [0.1, 0.15) is 11.5 Å². The zero-order chi connectivity index (χ0) is 26.2. The first-order valence-corrected chi connectivity index (χ1v) is 13.1. The summed E-state index contributed by atoms with van der Waals surface area (Å²) < 4.78 is 18.8. The molecule has 0 aliphatic carbocycles. The summed E-state index contributed by atoms with van der Waals surface area (Å²) in [5.41, 5.74) is 6.91. The molecule has 0 unspecified atom stereocenters. The van der Waals surface area contributed by atoms with Crippen LogP contribution in [0, 0.1) is 19.8 Å². The van der Waals surface area contributed by atoms with Crippen molar-refractivity contribution in [2.75, 3.05) is 19.8 Å². The van der Waals surface area contributed by atoms with Crippen LogP contribution in [0.1, 0.15) is 53.3 Å². The predicted molar refractivity (Wildman–Crippen MR) is 144 cm³/mol. The van der Waals surface area contributed by atoms with Crippen molar-refractivity contribution in [2.45, 2.75) is 39.7 Å². The monoisotopic (exact) mass is 510 g/mol. The van der Waals surface area contributed by atoms with Gasteiger partial charge in [0.05, 0.1) is 34.9 Å². The van der Waals surface area contributed by atoms with Gasteiger partial charge in [0.2, 0.25) is 0 Å². The first-order chi connectivity index (χ1) is 18.6. The summed E-state index contributed by atoms with van der Waals surface area (Å²) in [7, 11) is 0. The lowest BCUT2D eigenvalue weighted by Crippen LogP contribution is -2.27. The van der Waals surface area contributed by atoms with Crippen LogP contribution in [0.3, 0.4) is 0 Å². The molecule has 5 heterocycles. The highest BCUT2D eigenvalue weighted by atomic mass is 16.5. The number of fused-ring (bicyclic) bond motifs is 3. The Morgan fingerprint density at radius 1 is 1.08 bits per heavy atom. The summed E-state index contributed by atoms with van der Waals surface area (Å²) in [6, 6.07) is 14.6. The van der Waals surface area contributed by atoms with Crippen LogP contribution >= 0.6 is 0 Å². The maximum Gasteiger partial charge on any atom is 0.356 e. The van der Waals surface area contributed by atoms with Gasteiger partial charge in [-0.05, 0) is 57.2 Å². The minimum Gasteiger partial charge on any atom is -0.461 e. The molecular formula is C30H30N4O4. The highest BCUT2D eigenvalue weighted by Crippen LogP contribution is 2.41. The van der Waals surface area contributed by atoms with E-state index < -0.39 is 5.97 Å². The van der Waals surface area contributed by atoms with Gasteiger partial charge < -0.3 is 18.6 Å². The number of pyridine rings is 2. The molecule has 6 rings (SSSR count). The SMILES string of the molecule is CCOC(=O)c1cc2c(cn1)c1ncc(-c3c(C)noc3C)cc1n2[C@H](c1ccccc1)C1CCOCC1. The molecule has 0 spiro atoms. The molecule has 1 aliphatic heterocycles. The van der Waals surface area contributed by atoms with E-state index in [-0.39, 0.29) is 11.7 Å². The molecule has 38 heavy (non-hydrogen) atoms. The van der Waals surface area contributed by atoms with Gasteiger partial charge in [-0.1, -0.05) is 35.5 Å². The highest BCUT2D eigenvalue weighted by Gasteiger charge is 2.31. The van der Waals surface area contributed by atoms with Gasteiger partial charge in [-0.3, -0.25) is 4.98 Å². The van der Waals surface area contributed by atoms with Gasteiger partial charge in [0.25, 0.3) is 0 Å². The molecule has 0 saturated carbocycles. The molecule has 0 N–H and O–H groups in total. The summed E-state index contributed by atoms with van der Waals surface area (Å²) in [6.07, 6.45) is 5.49. The zero-order valence-electron chi connectivity index (χ0n) is 21.8. The lowest BCUT2D eigenvalue weighted by molar-refractivity contribution is 0.0519. The van der Waals surface area contributed by atoms with Gasteiger partial charge in [0.15, 0.2) is 0 Å². The maximum atomic E-state index is 12.7. The molecule has 1 aliphatic rings. The van der Waals surface area contributed by atoms with Crippen LogP contribution in [0.25, 0.3) is 33.1 Å². The highest BCUT2D eigenvalue weighted by molar-refractivity contribution is 6.08. The van der Waals surface area contributed by atoms with E-state index in [0.717, 1.165) is 70.6 Å². The summed E-state index contributed by atoms with van der Waals surface area (Å²) in [6.45, 7) is 7.39. The molecule has 1 fully saturated rings. The molecule has 8 heteroatoms. The number of aryl methyl sites for hydroxylation is 2. The minimum atomic E-state index is -0.432. The van der Waals surface area contributed by atoms with Crippen LogP contribution in [-0.2, 0) is 9.47 Å². The third kappa shape index (κ3) is 4.15. The molecular weight excluding hydrogens is 480 g/mol. The quantitative estimate of drug-likeness (QED) is 0.257. The Morgan fingerprint density at radius 3 is 2.58 bits per heavy atom. The van der Waals surface area contributed by atoms with E-state index in [1.54, 1.807) is 13.1 Å². The number of nitrogens with zero attached hydrogens (tertiary/aromatic N) is 4. The second-order valence-electron chi connectivity index (χ2n) is 9.77. The van der Waals surface area contributed by atoms with Crippen LogP contribution in [0.15, 0.2) is 59.4 Å². The largest absolute Gasteiger partial charge is 0.461 e. The van der Waals surface area contributed by atoms with Crippen molar-refractivity contribution in [2.24, 2.45) is 5.92 Å². The Balaban J connectivity index is 1.67. The Bertz CT molecular complexity index is 1600. The average Bonchev–Trinajstić information content (AvgIpc) is 3.45. The summed E-state index contributed by atoms with van der Waals surface area (Å²) in [5.74, 6) is 0.659. The number of carbonyl (C=O) groups excluding carboxylic acids is 1. The Hall–Kier alpha value is -4.04. The lowest BCUT2D eigenvalue weighted by atomic mass is 9.86. The number of carbonyl (C=O) groups is 1. The van der Waals surface area contributed by atoms with E-state index >= 15 is 0 Å². The number of ether oxygens (including phenoxy) is 2. The fraction of sp³-hybridized carbons (Fsp3) is 0.333. The molecule has 8 nitrogen and oxygen atoms in total. The lowest BCUT2D eigenvalue weighted by Gasteiger charge is -2.33. The Kier molecular flexibility index (Phi) is 6.41. The third-order valence-corrected chi connectivity index (χ3v) is 7.46. The van der Waals surface area contributed by atoms with Crippen LogP contribution in [0.5, 0.6) is 0 Å². The van der Waals surface area contributed by atoms with Crippen molar-refractivity contribution in [1.29, 1.82) is 0 Å². The van der Waals surface area contributed by atoms with E-state index in [1.165, 1.54) is 5.56 Å². The van der Waals surface area contributed by atoms with Crippen LogP contribution in [0.2, 0.25) is 0 Å². The fourth-order valence-electron chi connectivity index (χ4n) is 5.76. The molecule has 1 saturated heterocycles. The summed E-state index contributed by atoms with van der Waals surface area (Å²) in [4.78, 5) is 22.1. The number of aromatic nitrogens is 4. The fourth-order valence-corrected chi connectivity index (χ4v) is 5.76. The van der Waals surface area contributed by atoms with Crippen molar-refractivity contribution < 1.29 is 18.8 Å². The standard InChI is InChI=1S/C30H30N4O4/c1-4-37-30(35)24-15-25-23(17-31-24)28-26(14-22(16-32-28)27-18(2)33-38-19(27)3)34(25)29(20-8-6-5-7-9-20)21-10-12-36-13-11-21/h5-9,14-17,21,29H,4,10-13H2,1-3H3/t29-/m1/s1. The minimum absolute atomic E-state index is 0.0132. The number of benzene rings is 1. The van der Waals surface area contributed by atoms with Gasteiger partial charge in [-0.2, -0.15) is 0 Å². The summed E-state index contributed by atoms with van der Waals surface area (Å²) in [5, 5.41) is 5.05. The van der Waals surface area contributed by atoms with Gasteiger partial charge >= 0.3 is 5.97 Å².